The minimum Gasteiger partial charge on any atom is -0.493 e. The van der Waals surface area contributed by atoms with E-state index < -0.39 is 6.03 Å². The van der Waals surface area contributed by atoms with Crippen molar-refractivity contribution in [3.05, 3.63) is 52.0 Å². The predicted molar refractivity (Wildman–Crippen MR) is 107 cm³/mol. The average Bonchev–Trinajstić information content (AvgIpc) is 2.59. The normalized spacial score (nSPS) is 10.8. The molecule has 0 heterocycles. The van der Waals surface area contributed by atoms with Gasteiger partial charge in [0.25, 0.3) is 0 Å². The van der Waals surface area contributed by atoms with Gasteiger partial charge < -0.3 is 14.8 Å². The second kappa shape index (κ2) is 9.24. The van der Waals surface area contributed by atoms with Crippen molar-refractivity contribution in [2.75, 3.05) is 12.4 Å². The van der Waals surface area contributed by atoms with Crippen LogP contribution in [-0.2, 0) is 0 Å². The minimum atomic E-state index is -0.433. The number of halogens is 1. The van der Waals surface area contributed by atoms with E-state index in [1.165, 1.54) is 6.21 Å². The van der Waals surface area contributed by atoms with Crippen molar-refractivity contribution in [3.8, 4) is 11.5 Å². The number of methoxy groups -OCH3 is 1. The summed E-state index contributed by atoms with van der Waals surface area (Å²) < 4.78 is 12.1. The molecule has 2 N–H and O–H groups in total. The van der Waals surface area contributed by atoms with Gasteiger partial charge in [0.05, 0.1) is 19.4 Å². The number of hydrogen-bond acceptors (Lipinski definition) is 4. The van der Waals surface area contributed by atoms with Gasteiger partial charge in [0.2, 0.25) is 0 Å². The standard InChI is InChI=1S/C19H22BrN3O3/c1-12(2)26-18-14(6-5-7-17(18)25-4)11-21-23-19(24)22-15-8-9-16(20)13(3)10-15/h5-12H,1-4H3,(H2,22,23,24)/b21-11+. The molecule has 0 aromatic heterocycles. The number of anilines is 1. The Morgan fingerprint density at radius 1 is 1.27 bits per heavy atom. The van der Waals surface area contributed by atoms with Gasteiger partial charge in [-0.2, -0.15) is 5.10 Å². The molecule has 0 aliphatic heterocycles. The van der Waals surface area contributed by atoms with Crippen LogP contribution < -0.4 is 20.2 Å². The zero-order chi connectivity index (χ0) is 19.1. The summed E-state index contributed by atoms with van der Waals surface area (Å²) in [6.45, 7) is 5.81. The smallest absolute Gasteiger partial charge is 0.339 e. The van der Waals surface area contributed by atoms with Crippen molar-refractivity contribution in [2.24, 2.45) is 5.10 Å². The van der Waals surface area contributed by atoms with E-state index in [1.807, 2.05) is 51.1 Å². The summed E-state index contributed by atoms with van der Waals surface area (Å²) >= 11 is 3.42. The van der Waals surface area contributed by atoms with E-state index in [1.54, 1.807) is 13.2 Å². The highest BCUT2D eigenvalue weighted by molar-refractivity contribution is 9.10. The first-order chi connectivity index (χ1) is 12.4. The molecule has 0 aliphatic rings. The van der Waals surface area contributed by atoms with Gasteiger partial charge in [0.15, 0.2) is 11.5 Å². The Hall–Kier alpha value is -2.54. The first kappa shape index (κ1) is 19.8. The maximum Gasteiger partial charge on any atom is 0.339 e. The van der Waals surface area contributed by atoms with E-state index in [0.29, 0.717) is 22.7 Å². The summed E-state index contributed by atoms with van der Waals surface area (Å²) in [5.74, 6) is 1.19. The lowest BCUT2D eigenvalue weighted by atomic mass is 10.2. The van der Waals surface area contributed by atoms with Gasteiger partial charge in [-0.05, 0) is 56.7 Å². The Labute approximate surface area is 161 Å². The van der Waals surface area contributed by atoms with Crippen molar-refractivity contribution in [2.45, 2.75) is 26.9 Å². The Morgan fingerprint density at radius 3 is 2.69 bits per heavy atom. The molecule has 138 valence electrons. The van der Waals surface area contributed by atoms with E-state index in [0.717, 1.165) is 10.0 Å². The number of amides is 2. The monoisotopic (exact) mass is 419 g/mol. The Bertz CT molecular complexity index is 807. The van der Waals surface area contributed by atoms with Crippen LogP contribution in [0.2, 0.25) is 0 Å². The van der Waals surface area contributed by atoms with Gasteiger partial charge in [0, 0.05) is 15.7 Å². The number of benzene rings is 2. The van der Waals surface area contributed by atoms with Crippen molar-refractivity contribution in [1.29, 1.82) is 0 Å². The van der Waals surface area contributed by atoms with E-state index in [2.05, 4.69) is 31.8 Å². The van der Waals surface area contributed by atoms with Crippen LogP contribution in [-0.4, -0.2) is 25.5 Å². The Balaban J connectivity index is 2.05. The highest BCUT2D eigenvalue weighted by Crippen LogP contribution is 2.30. The highest BCUT2D eigenvalue weighted by Gasteiger charge is 2.11. The third-order valence-electron chi connectivity index (χ3n) is 3.37. The number of ether oxygens (including phenoxy) is 2. The van der Waals surface area contributed by atoms with Crippen LogP contribution in [0.25, 0.3) is 0 Å². The maximum atomic E-state index is 12.0. The second-order valence-corrected chi connectivity index (χ2v) is 6.69. The van der Waals surface area contributed by atoms with Crippen LogP contribution in [0.15, 0.2) is 46.0 Å². The summed E-state index contributed by atoms with van der Waals surface area (Å²) in [7, 11) is 1.58. The van der Waals surface area contributed by atoms with E-state index in [9.17, 15) is 4.79 Å². The fourth-order valence-corrected chi connectivity index (χ4v) is 2.45. The topological polar surface area (TPSA) is 72.0 Å². The van der Waals surface area contributed by atoms with E-state index in [4.69, 9.17) is 9.47 Å². The fourth-order valence-electron chi connectivity index (χ4n) is 2.20. The molecular formula is C19H22BrN3O3. The van der Waals surface area contributed by atoms with Crippen LogP contribution >= 0.6 is 15.9 Å². The number of urea groups is 1. The van der Waals surface area contributed by atoms with E-state index >= 15 is 0 Å². The number of nitrogens with one attached hydrogen (secondary N) is 2. The summed E-state index contributed by atoms with van der Waals surface area (Å²) in [6.07, 6.45) is 1.50. The fraction of sp³-hybridized carbons (Fsp3) is 0.263. The molecule has 2 amide bonds. The van der Waals surface area contributed by atoms with Gasteiger partial charge in [-0.15, -0.1) is 0 Å². The molecule has 2 rings (SSSR count). The molecule has 26 heavy (non-hydrogen) atoms. The molecule has 0 bridgehead atoms. The number of hydrogen-bond donors (Lipinski definition) is 2. The third kappa shape index (κ3) is 5.49. The van der Waals surface area contributed by atoms with Crippen molar-refractivity contribution in [1.82, 2.24) is 5.43 Å². The number of hydrazone groups is 1. The molecular weight excluding hydrogens is 398 g/mol. The Morgan fingerprint density at radius 2 is 2.04 bits per heavy atom. The number of rotatable bonds is 6. The van der Waals surface area contributed by atoms with Crippen LogP contribution in [0.5, 0.6) is 11.5 Å². The molecule has 0 aliphatic carbocycles. The predicted octanol–water partition coefficient (Wildman–Crippen LogP) is 4.71. The summed E-state index contributed by atoms with van der Waals surface area (Å²) in [5.41, 5.74) is 4.86. The van der Waals surface area contributed by atoms with Gasteiger partial charge in [-0.1, -0.05) is 22.0 Å². The highest BCUT2D eigenvalue weighted by atomic mass is 79.9. The lowest BCUT2D eigenvalue weighted by Crippen LogP contribution is -2.24. The third-order valence-corrected chi connectivity index (χ3v) is 4.26. The lowest BCUT2D eigenvalue weighted by molar-refractivity contribution is 0.230. The van der Waals surface area contributed by atoms with Crippen LogP contribution in [0.1, 0.15) is 25.0 Å². The quantitative estimate of drug-likeness (QED) is 0.525. The molecule has 2 aromatic rings. The SMILES string of the molecule is COc1cccc(/C=N/NC(=O)Nc2ccc(Br)c(C)c2)c1OC(C)C. The van der Waals surface area contributed by atoms with Gasteiger partial charge in [-0.3, -0.25) is 0 Å². The molecule has 2 aromatic carbocycles. The molecule has 0 atom stereocenters. The molecule has 0 saturated heterocycles. The summed E-state index contributed by atoms with van der Waals surface area (Å²) in [6, 6.07) is 10.6. The molecule has 6 nitrogen and oxygen atoms in total. The van der Waals surface area contributed by atoms with Crippen molar-refractivity contribution >= 4 is 33.9 Å². The molecule has 0 radical (unpaired) electrons. The summed E-state index contributed by atoms with van der Waals surface area (Å²) in [4.78, 5) is 12.0. The molecule has 0 fully saturated rings. The van der Waals surface area contributed by atoms with Crippen LogP contribution in [0.4, 0.5) is 10.5 Å². The first-order valence-corrected chi connectivity index (χ1v) is 8.90. The first-order valence-electron chi connectivity index (χ1n) is 8.10. The molecule has 7 heteroatoms. The number of carbonyl (C=O) groups is 1. The van der Waals surface area contributed by atoms with E-state index in [-0.39, 0.29) is 6.10 Å². The molecule has 0 unspecified atom stereocenters. The maximum absolute atomic E-state index is 12.0. The van der Waals surface area contributed by atoms with Crippen LogP contribution in [0.3, 0.4) is 0 Å². The van der Waals surface area contributed by atoms with Gasteiger partial charge >= 0.3 is 6.03 Å². The van der Waals surface area contributed by atoms with Crippen LogP contribution in [0, 0.1) is 6.92 Å². The lowest BCUT2D eigenvalue weighted by Gasteiger charge is -2.15. The zero-order valence-corrected chi connectivity index (χ0v) is 16.8. The summed E-state index contributed by atoms with van der Waals surface area (Å²) in [5, 5.41) is 6.71. The number of aryl methyl sites for hydroxylation is 1. The molecule has 0 spiro atoms. The van der Waals surface area contributed by atoms with Gasteiger partial charge in [0.1, 0.15) is 0 Å². The molecule has 0 saturated carbocycles. The number of nitrogens with zero attached hydrogens (tertiary/aromatic N) is 1. The second-order valence-electron chi connectivity index (χ2n) is 5.83. The number of carbonyl (C=O) groups excluding carboxylic acids is 1. The van der Waals surface area contributed by atoms with Gasteiger partial charge in [-0.25, -0.2) is 10.2 Å². The van der Waals surface area contributed by atoms with Crippen molar-refractivity contribution < 1.29 is 14.3 Å². The Kier molecular flexibility index (Phi) is 7.03. The average molecular weight is 420 g/mol. The largest absolute Gasteiger partial charge is 0.493 e. The zero-order valence-electron chi connectivity index (χ0n) is 15.2. The van der Waals surface area contributed by atoms with Crippen molar-refractivity contribution in [3.63, 3.8) is 0 Å². The minimum absolute atomic E-state index is 0.0182. The number of para-hydroxylation sites is 1.